The number of halogens is 1. The number of carbonyl (C=O) groups excluding carboxylic acids is 1. The normalized spacial score (nSPS) is 16.2. The lowest BCUT2D eigenvalue weighted by molar-refractivity contribution is -0.154. The van der Waals surface area contributed by atoms with Gasteiger partial charge in [-0.15, -0.1) is 24.0 Å². The van der Waals surface area contributed by atoms with E-state index in [0.717, 1.165) is 70.7 Å². The predicted molar refractivity (Wildman–Crippen MR) is 117 cm³/mol. The van der Waals surface area contributed by atoms with Crippen LogP contribution in [0.4, 0.5) is 0 Å². The standard InChI is InChI=1S/C19H37N3O3.HI/c1-5-20-18(22-14-11-16(23)12-15-22)21-13-9-7-6-8-10-17(24)25-19(2,3)4;/h16,23H,5-15H2,1-4H3,(H,20,21);1H. The van der Waals surface area contributed by atoms with Gasteiger partial charge < -0.3 is 20.1 Å². The monoisotopic (exact) mass is 483 g/mol. The topological polar surface area (TPSA) is 74.2 Å². The van der Waals surface area contributed by atoms with E-state index >= 15 is 0 Å². The van der Waals surface area contributed by atoms with Crippen LogP contribution in [0.1, 0.15) is 72.6 Å². The van der Waals surface area contributed by atoms with Crippen molar-refractivity contribution in [1.29, 1.82) is 0 Å². The molecule has 0 atom stereocenters. The molecule has 0 spiro atoms. The second kappa shape index (κ2) is 13.6. The molecule has 0 radical (unpaired) electrons. The lowest BCUT2D eigenvalue weighted by Gasteiger charge is -2.32. The summed E-state index contributed by atoms with van der Waals surface area (Å²) in [6.45, 7) is 11.1. The van der Waals surface area contributed by atoms with E-state index in [1.165, 1.54) is 0 Å². The van der Waals surface area contributed by atoms with Crippen molar-refractivity contribution in [3.8, 4) is 0 Å². The van der Waals surface area contributed by atoms with Crippen molar-refractivity contribution in [3.63, 3.8) is 0 Å². The zero-order valence-electron chi connectivity index (χ0n) is 16.9. The molecule has 7 heteroatoms. The number of aliphatic hydroxyl groups is 1. The van der Waals surface area contributed by atoms with Crippen LogP contribution >= 0.6 is 24.0 Å². The zero-order valence-corrected chi connectivity index (χ0v) is 19.3. The molecule has 26 heavy (non-hydrogen) atoms. The van der Waals surface area contributed by atoms with Crippen LogP contribution in [0.3, 0.4) is 0 Å². The highest BCUT2D eigenvalue weighted by molar-refractivity contribution is 14.0. The first-order valence-corrected chi connectivity index (χ1v) is 9.75. The summed E-state index contributed by atoms with van der Waals surface area (Å²) in [7, 11) is 0. The SMILES string of the molecule is CCNC(=NCCCCCCC(=O)OC(C)(C)C)N1CCC(O)CC1.I. The van der Waals surface area contributed by atoms with E-state index in [1.54, 1.807) is 0 Å². The van der Waals surface area contributed by atoms with Gasteiger partial charge in [0.25, 0.3) is 0 Å². The Balaban J connectivity index is 0.00000625. The van der Waals surface area contributed by atoms with Gasteiger partial charge in [-0.3, -0.25) is 9.79 Å². The smallest absolute Gasteiger partial charge is 0.306 e. The molecular weight excluding hydrogens is 445 g/mol. The second-order valence-corrected chi connectivity index (χ2v) is 7.70. The number of esters is 1. The fourth-order valence-corrected chi connectivity index (χ4v) is 2.82. The molecule has 0 aromatic rings. The first-order chi connectivity index (χ1) is 11.8. The van der Waals surface area contributed by atoms with Gasteiger partial charge in [-0.25, -0.2) is 0 Å². The molecular formula is C19H38IN3O3. The van der Waals surface area contributed by atoms with Crippen molar-refractivity contribution in [3.05, 3.63) is 0 Å². The number of unbranched alkanes of at least 4 members (excludes halogenated alkanes) is 3. The Morgan fingerprint density at radius 2 is 1.81 bits per heavy atom. The van der Waals surface area contributed by atoms with Crippen molar-refractivity contribution in [2.75, 3.05) is 26.2 Å². The van der Waals surface area contributed by atoms with Crippen LogP contribution in [0, 0.1) is 0 Å². The van der Waals surface area contributed by atoms with Crippen LogP contribution in [-0.2, 0) is 9.53 Å². The molecule has 1 rings (SSSR count). The van der Waals surface area contributed by atoms with E-state index in [4.69, 9.17) is 9.73 Å². The minimum Gasteiger partial charge on any atom is -0.460 e. The first kappa shape index (κ1) is 25.4. The lowest BCUT2D eigenvalue weighted by Crippen LogP contribution is -2.46. The molecule has 0 unspecified atom stereocenters. The predicted octanol–water partition coefficient (Wildman–Crippen LogP) is 3.32. The number of rotatable bonds is 8. The third kappa shape index (κ3) is 11.9. The van der Waals surface area contributed by atoms with Crippen molar-refractivity contribution in [1.82, 2.24) is 10.2 Å². The minimum atomic E-state index is -0.390. The van der Waals surface area contributed by atoms with E-state index < -0.39 is 0 Å². The quantitative estimate of drug-likeness (QED) is 0.182. The van der Waals surface area contributed by atoms with Crippen LogP contribution in [0.15, 0.2) is 4.99 Å². The summed E-state index contributed by atoms with van der Waals surface area (Å²) in [5.41, 5.74) is -0.390. The molecule has 1 heterocycles. The maximum Gasteiger partial charge on any atom is 0.306 e. The van der Waals surface area contributed by atoms with Crippen LogP contribution < -0.4 is 5.32 Å². The molecule has 0 saturated carbocycles. The van der Waals surface area contributed by atoms with Crippen molar-refractivity contribution in [2.45, 2.75) is 84.3 Å². The number of aliphatic hydroxyl groups excluding tert-OH is 1. The highest BCUT2D eigenvalue weighted by atomic mass is 127. The highest BCUT2D eigenvalue weighted by Gasteiger charge is 2.19. The van der Waals surface area contributed by atoms with Crippen molar-refractivity contribution >= 4 is 35.9 Å². The maximum absolute atomic E-state index is 11.6. The summed E-state index contributed by atoms with van der Waals surface area (Å²) < 4.78 is 5.31. The minimum absolute atomic E-state index is 0. The highest BCUT2D eigenvalue weighted by Crippen LogP contribution is 2.12. The molecule has 0 aromatic heterocycles. The fourth-order valence-electron chi connectivity index (χ4n) is 2.82. The number of ether oxygens (including phenoxy) is 1. The van der Waals surface area contributed by atoms with E-state index in [0.29, 0.717) is 6.42 Å². The molecule has 6 nitrogen and oxygen atoms in total. The molecule has 1 aliphatic heterocycles. The van der Waals surface area contributed by atoms with E-state index in [1.807, 2.05) is 20.8 Å². The lowest BCUT2D eigenvalue weighted by atomic mass is 10.1. The first-order valence-electron chi connectivity index (χ1n) is 9.75. The molecule has 0 aliphatic carbocycles. The third-order valence-corrected chi connectivity index (χ3v) is 4.07. The molecule has 154 valence electrons. The summed E-state index contributed by atoms with van der Waals surface area (Å²) in [6.07, 6.45) is 5.97. The largest absolute Gasteiger partial charge is 0.460 e. The second-order valence-electron chi connectivity index (χ2n) is 7.70. The van der Waals surface area contributed by atoms with Gasteiger partial charge in [0.1, 0.15) is 5.60 Å². The van der Waals surface area contributed by atoms with E-state index in [9.17, 15) is 9.90 Å². The van der Waals surface area contributed by atoms with Gasteiger partial charge in [-0.1, -0.05) is 12.8 Å². The number of carbonyl (C=O) groups is 1. The van der Waals surface area contributed by atoms with Gasteiger partial charge in [0, 0.05) is 32.6 Å². The van der Waals surface area contributed by atoms with Gasteiger partial charge in [0.15, 0.2) is 5.96 Å². The van der Waals surface area contributed by atoms with Crippen LogP contribution in [-0.4, -0.2) is 59.8 Å². The van der Waals surface area contributed by atoms with Crippen LogP contribution in [0.5, 0.6) is 0 Å². The van der Waals surface area contributed by atoms with Gasteiger partial charge in [-0.2, -0.15) is 0 Å². The molecule has 1 aliphatic rings. The van der Waals surface area contributed by atoms with E-state index in [2.05, 4.69) is 17.1 Å². The Hall–Kier alpha value is -0.570. The number of piperidine rings is 1. The summed E-state index contributed by atoms with van der Waals surface area (Å²) in [5, 5.41) is 13.0. The van der Waals surface area contributed by atoms with Crippen LogP contribution in [0.25, 0.3) is 0 Å². The average molecular weight is 483 g/mol. The zero-order chi connectivity index (χ0) is 18.7. The Morgan fingerprint density at radius 3 is 2.38 bits per heavy atom. The van der Waals surface area contributed by atoms with Crippen LogP contribution in [0.2, 0.25) is 0 Å². The maximum atomic E-state index is 11.6. The number of guanidine groups is 1. The molecule has 0 bridgehead atoms. The number of hydrogen-bond acceptors (Lipinski definition) is 4. The van der Waals surface area contributed by atoms with Gasteiger partial charge in [0.2, 0.25) is 0 Å². The number of nitrogens with zero attached hydrogens (tertiary/aromatic N) is 2. The van der Waals surface area contributed by atoms with E-state index in [-0.39, 0.29) is 41.7 Å². The van der Waals surface area contributed by atoms with Gasteiger partial charge in [-0.05, 0) is 53.4 Å². The fraction of sp³-hybridized carbons (Fsp3) is 0.895. The molecule has 1 fully saturated rings. The summed E-state index contributed by atoms with van der Waals surface area (Å²) in [6, 6.07) is 0. The number of nitrogens with one attached hydrogen (secondary N) is 1. The average Bonchev–Trinajstić information content (AvgIpc) is 2.52. The molecule has 0 amide bonds. The van der Waals surface area contributed by atoms with Gasteiger partial charge >= 0.3 is 5.97 Å². The van der Waals surface area contributed by atoms with Crippen molar-refractivity contribution < 1.29 is 14.6 Å². The number of aliphatic imine (C=N–C) groups is 1. The Labute approximate surface area is 176 Å². The Morgan fingerprint density at radius 1 is 1.19 bits per heavy atom. The van der Waals surface area contributed by atoms with Gasteiger partial charge in [0.05, 0.1) is 6.10 Å². The molecule has 2 N–H and O–H groups in total. The summed E-state index contributed by atoms with van der Waals surface area (Å²) in [5.74, 6) is 0.857. The number of likely N-dealkylation sites (tertiary alicyclic amines) is 1. The summed E-state index contributed by atoms with van der Waals surface area (Å²) >= 11 is 0. The number of hydrogen-bond donors (Lipinski definition) is 2. The molecule has 1 saturated heterocycles. The third-order valence-electron chi connectivity index (χ3n) is 4.07. The summed E-state index contributed by atoms with van der Waals surface area (Å²) in [4.78, 5) is 18.6. The Kier molecular flexibility index (Phi) is 13.3. The molecule has 0 aromatic carbocycles. The Bertz CT molecular complexity index is 417. The van der Waals surface area contributed by atoms with Crippen molar-refractivity contribution in [2.24, 2.45) is 4.99 Å².